The maximum absolute atomic E-state index is 13.6. The molecule has 0 bridgehead atoms. The Bertz CT molecular complexity index is 1750. The largest absolute Gasteiger partial charge is 0.350 e. The predicted octanol–water partition coefficient (Wildman–Crippen LogP) is 5.37. The average Bonchev–Trinajstić information content (AvgIpc) is 3.45. The molecule has 2 aromatic carbocycles. The first-order valence-corrected chi connectivity index (χ1v) is 14.6. The zero-order valence-electron chi connectivity index (χ0n) is 20.9. The van der Waals surface area contributed by atoms with Gasteiger partial charge in [0.15, 0.2) is 4.96 Å². The lowest BCUT2D eigenvalue weighted by molar-refractivity contribution is 0.326. The molecule has 0 radical (unpaired) electrons. The van der Waals surface area contributed by atoms with Crippen LogP contribution in [0.5, 0.6) is 0 Å². The Morgan fingerprint density at radius 2 is 1.72 bits per heavy atom. The van der Waals surface area contributed by atoms with E-state index >= 15 is 0 Å². The first kappa shape index (κ1) is 25.5. The van der Waals surface area contributed by atoms with E-state index in [0.29, 0.717) is 30.3 Å². The summed E-state index contributed by atoms with van der Waals surface area (Å²) >= 11 is 1.55. The van der Waals surface area contributed by atoms with E-state index in [2.05, 4.69) is 10.3 Å². The third kappa shape index (κ3) is 5.02. The van der Waals surface area contributed by atoms with Crippen molar-refractivity contribution in [3.05, 3.63) is 83.5 Å². The Labute approximate surface area is 228 Å². The number of sulfonamides is 1. The minimum absolute atomic E-state index is 0.0620. The van der Waals surface area contributed by atoms with Crippen LogP contribution in [-0.4, -0.2) is 51.2 Å². The van der Waals surface area contributed by atoms with Crippen LogP contribution < -0.4 is 5.32 Å². The molecular weight excluding hydrogens is 542 g/mol. The van der Waals surface area contributed by atoms with E-state index in [1.54, 1.807) is 35.7 Å². The van der Waals surface area contributed by atoms with Crippen molar-refractivity contribution in [1.82, 2.24) is 23.7 Å². The molecule has 200 valence electrons. The lowest BCUT2D eigenvalue weighted by Gasteiger charge is -2.32. The topological polar surface area (TPSA) is 92.5 Å². The van der Waals surface area contributed by atoms with Gasteiger partial charge in [0, 0.05) is 42.0 Å². The van der Waals surface area contributed by atoms with Crippen LogP contribution in [-0.2, 0) is 10.0 Å². The molecule has 3 aromatic heterocycles. The van der Waals surface area contributed by atoms with E-state index < -0.39 is 15.8 Å². The van der Waals surface area contributed by atoms with Crippen molar-refractivity contribution in [3.63, 3.8) is 0 Å². The molecule has 39 heavy (non-hydrogen) atoms. The molecule has 1 N–H and O–H groups in total. The van der Waals surface area contributed by atoms with Crippen LogP contribution in [0.1, 0.15) is 17.7 Å². The summed E-state index contributed by atoms with van der Waals surface area (Å²) in [5.41, 5.74) is 2.83. The van der Waals surface area contributed by atoms with Crippen molar-refractivity contribution in [2.75, 3.05) is 18.4 Å². The number of aromatic nitrogens is 4. The molecule has 1 unspecified atom stereocenters. The van der Waals surface area contributed by atoms with E-state index in [4.69, 9.17) is 9.97 Å². The molecule has 1 aliphatic rings. The highest BCUT2D eigenvalue weighted by atomic mass is 32.2. The van der Waals surface area contributed by atoms with Crippen LogP contribution in [0, 0.1) is 18.6 Å². The van der Waals surface area contributed by atoms with E-state index in [9.17, 15) is 17.2 Å². The predicted molar refractivity (Wildman–Crippen MR) is 146 cm³/mol. The molecule has 1 aliphatic heterocycles. The number of imidazole rings is 1. The van der Waals surface area contributed by atoms with E-state index in [0.717, 1.165) is 39.6 Å². The minimum atomic E-state index is -3.76. The number of thiazole rings is 1. The van der Waals surface area contributed by atoms with Crippen LogP contribution in [0.15, 0.2) is 71.9 Å². The number of halogens is 2. The first-order chi connectivity index (χ1) is 18.8. The average molecular weight is 567 g/mol. The van der Waals surface area contributed by atoms with Gasteiger partial charge in [-0.15, -0.1) is 11.3 Å². The van der Waals surface area contributed by atoms with Gasteiger partial charge in [-0.05, 0) is 74.4 Å². The number of hydrogen-bond acceptors (Lipinski definition) is 7. The van der Waals surface area contributed by atoms with Crippen LogP contribution in [0.25, 0.3) is 27.6 Å². The highest BCUT2D eigenvalue weighted by Gasteiger charge is 2.31. The van der Waals surface area contributed by atoms with Crippen molar-refractivity contribution < 1.29 is 17.2 Å². The summed E-state index contributed by atoms with van der Waals surface area (Å²) in [6, 6.07) is 12.6. The Kier molecular flexibility index (Phi) is 6.61. The number of anilines is 1. The van der Waals surface area contributed by atoms with Gasteiger partial charge < -0.3 is 5.32 Å². The Morgan fingerprint density at radius 3 is 2.46 bits per heavy atom. The normalized spacial score (nSPS) is 16.5. The SMILES string of the molecule is Cc1cn2c(-c3ccnc(NC4CCCN(S(=O)(=O)c5ccc(F)cc5)C4)n3)c(-c3ccc(F)cc3)nc2s1. The van der Waals surface area contributed by atoms with Gasteiger partial charge in [0.25, 0.3) is 0 Å². The summed E-state index contributed by atoms with van der Waals surface area (Å²) in [6.45, 7) is 2.61. The molecule has 1 fully saturated rings. The maximum Gasteiger partial charge on any atom is 0.243 e. The highest BCUT2D eigenvalue weighted by Crippen LogP contribution is 2.35. The van der Waals surface area contributed by atoms with Gasteiger partial charge >= 0.3 is 0 Å². The standard InChI is InChI=1S/C27H24F2N6O2S2/c1-17-15-35-25(24(33-27(35)38-17)18-4-6-19(28)7-5-18)23-12-13-30-26(32-23)31-21-3-2-14-34(16-21)39(36,37)22-10-8-20(29)9-11-22/h4-13,15,21H,2-3,14,16H2,1H3,(H,30,31,32). The molecule has 4 heterocycles. The molecule has 0 spiro atoms. The van der Waals surface area contributed by atoms with Gasteiger partial charge in [0.05, 0.1) is 16.3 Å². The number of aryl methyl sites for hydroxylation is 1. The van der Waals surface area contributed by atoms with E-state index in [-0.39, 0.29) is 23.3 Å². The molecule has 5 aromatic rings. The van der Waals surface area contributed by atoms with Gasteiger partial charge in [0.2, 0.25) is 16.0 Å². The number of benzene rings is 2. The van der Waals surface area contributed by atoms with Crippen molar-refractivity contribution >= 4 is 32.3 Å². The number of fused-ring (bicyclic) bond motifs is 1. The second-order valence-electron chi connectivity index (χ2n) is 9.38. The monoisotopic (exact) mass is 566 g/mol. The van der Waals surface area contributed by atoms with Gasteiger partial charge in [-0.25, -0.2) is 32.2 Å². The molecule has 0 amide bonds. The van der Waals surface area contributed by atoms with Crippen LogP contribution >= 0.6 is 11.3 Å². The molecule has 1 atom stereocenters. The molecule has 0 saturated carbocycles. The lowest BCUT2D eigenvalue weighted by Crippen LogP contribution is -2.45. The molecule has 0 aliphatic carbocycles. The zero-order valence-corrected chi connectivity index (χ0v) is 22.5. The fraction of sp³-hybridized carbons (Fsp3) is 0.222. The fourth-order valence-corrected chi connectivity index (χ4v) is 7.14. The third-order valence-corrected chi connectivity index (χ3v) is 9.40. The summed E-state index contributed by atoms with van der Waals surface area (Å²) in [5, 5.41) is 3.30. The number of piperidine rings is 1. The first-order valence-electron chi connectivity index (χ1n) is 12.4. The fourth-order valence-electron chi connectivity index (χ4n) is 4.79. The van der Waals surface area contributed by atoms with Crippen LogP contribution in [0.4, 0.5) is 14.7 Å². The molecule has 1 saturated heterocycles. The summed E-state index contributed by atoms with van der Waals surface area (Å²) in [7, 11) is -3.76. The molecule has 12 heteroatoms. The number of hydrogen-bond donors (Lipinski definition) is 1. The summed E-state index contributed by atoms with van der Waals surface area (Å²) in [5.74, 6) is -0.445. The zero-order chi connectivity index (χ0) is 27.1. The van der Waals surface area contributed by atoms with Crippen LogP contribution in [0.2, 0.25) is 0 Å². The molecule has 8 nitrogen and oxygen atoms in total. The number of nitrogens with one attached hydrogen (secondary N) is 1. The van der Waals surface area contributed by atoms with E-state index in [1.807, 2.05) is 17.5 Å². The summed E-state index contributed by atoms with van der Waals surface area (Å²) < 4.78 is 56.6. The number of nitrogens with zero attached hydrogens (tertiary/aromatic N) is 5. The Morgan fingerprint density at radius 1 is 1.00 bits per heavy atom. The van der Waals surface area contributed by atoms with E-state index in [1.165, 1.54) is 28.6 Å². The van der Waals surface area contributed by atoms with Gasteiger partial charge in [0.1, 0.15) is 17.3 Å². The van der Waals surface area contributed by atoms with Gasteiger partial charge in [-0.3, -0.25) is 4.40 Å². The third-order valence-electron chi connectivity index (χ3n) is 6.63. The maximum atomic E-state index is 13.6. The Hall–Kier alpha value is -3.74. The van der Waals surface area contributed by atoms with Crippen molar-refractivity contribution in [2.24, 2.45) is 0 Å². The number of rotatable bonds is 6. The second kappa shape index (κ2) is 10.1. The quantitative estimate of drug-likeness (QED) is 0.297. The van der Waals surface area contributed by atoms with Gasteiger partial charge in [-0.1, -0.05) is 0 Å². The summed E-state index contributed by atoms with van der Waals surface area (Å²) in [4.78, 5) is 15.9. The van der Waals surface area contributed by atoms with Crippen molar-refractivity contribution in [3.8, 4) is 22.6 Å². The Balaban J connectivity index is 1.29. The second-order valence-corrected chi connectivity index (χ2v) is 12.5. The smallest absolute Gasteiger partial charge is 0.243 e. The van der Waals surface area contributed by atoms with Gasteiger partial charge in [-0.2, -0.15) is 4.31 Å². The molecule has 6 rings (SSSR count). The van der Waals surface area contributed by atoms with Crippen LogP contribution in [0.3, 0.4) is 0 Å². The minimum Gasteiger partial charge on any atom is -0.350 e. The van der Waals surface area contributed by atoms with Crippen molar-refractivity contribution in [1.29, 1.82) is 0 Å². The summed E-state index contributed by atoms with van der Waals surface area (Å²) in [6.07, 6.45) is 5.03. The molecular formula is C27H24F2N6O2S2. The highest BCUT2D eigenvalue weighted by molar-refractivity contribution is 7.89. The van der Waals surface area contributed by atoms with Crippen molar-refractivity contribution in [2.45, 2.75) is 30.7 Å². The lowest BCUT2D eigenvalue weighted by atomic mass is 10.1.